The molecule has 3 heteroatoms. The molecule has 1 fully saturated rings. The highest BCUT2D eigenvalue weighted by molar-refractivity contribution is 9.10. The van der Waals surface area contributed by atoms with Crippen molar-refractivity contribution in [1.29, 1.82) is 0 Å². The quantitative estimate of drug-likeness (QED) is 0.831. The van der Waals surface area contributed by atoms with Crippen molar-refractivity contribution in [2.45, 2.75) is 32.4 Å². The van der Waals surface area contributed by atoms with Crippen molar-refractivity contribution in [3.63, 3.8) is 0 Å². The van der Waals surface area contributed by atoms with Crippen molar-refractivity contribution in [2.75, 3.05) is 20.1 Å². The molecule has 0 saturated heterocycles. The molecule has 0 aromatic heterocycles. The fourth-order valence-corrected chi connectivity index (χ4v) is 2.71. The van der Waals surface area contributed by atoms with E-state index < -0.39 is 0 Å². The van der Waals surface area contributed by atoms with Gasteiger partial charge in [-0.05, 0) is 50.0 Å². The molecule has 0 spiro atoms. The lowest BCUT2D eigenvalue weighted by molar-refractivity contribution is 0.273. The standard InChI is InChI=1S/C15H23BrN2/c1-12(9-17-15-6-7-15)10-18(2)11-13-4-3-5-14(16)8-13/h3-5,8,12,15,17H,6-7,9-11H2,1-2H3. The van der Waals surface area contributed by atoms with Gasteiger partial charge in [0.2, 0.25) is 0 Å². The number of nitrogens with zero attached hydrogens (tertiary/aromatic N) is 1. The zero-order valence-corrected chi connectivity index (χ0v) is 12.9. The van der Waals surface area contributed by atoms with Crippen molar-refractivity contribution < 1.29 is 0 Å². The highest BCUT2D eigenvalue weighted by Gasteiger charge is 2.21. The third-order valence-corrected chi connectivity index (χ3v) is 3.79. The third kappa shape index (κ3) is 5.09. The van der Waals surface area contributed by atoms with Crippen LogP contribution in [0.2, 0.25) is 0 Å². The Morgan fingerprint density at radius 2 is 2.22 bits per heavy atom. The summed E-state index contributed by atoms with van der Waals surface area (Å²) in [5.74, 6) is 0.711. The van der Waals surface area contributed by atoms with Gasteiger partial charge in [-0.3, -0.25) is 0 Å². The van der Waals surface area contributed by atoms with Crippen molar-refractivity contribution in [1.82, 2.24) is 10.2 Å². The van der Waals surface area contributed by atoms with Gasteiger partial charge in [-0.1, -0.05) is 35.0 Å². The van der Waals surface area contributed by atoms with Gasteiger partial charge < -0.3 is 10.2 Å². The molecule has 1 aromatic carbocycles. The zero-order valence-electron chi connectivity index (χ0n) is 11.3. The molecule has 1 unspecified atom stereocenters. The van der Waals surface area contributed by atoms with Gasteiger partial charge in [-0.25, -0.2) is 0 Å². The molecule has 0 heterocycles. The zero-order chi connectivity index (χ0) is 13.0. The number of halogens is 1. The van der Waals surface area contributed by atoms with Gasteiger partial charge in [0.25, 0.3) is 0 Å². The fourth-order valence-electron chi connectivity index (χ4n) is 2.26. The molecule has 1 aromatic rings. The molecule has 0 bridgehead atoms. The summed E-state index contributed by atoms with van der Waals surface area (Å²) in [7, 11) is 2.20. The molecule has 0 aliphatic heterocycles. The number of hydrogen-bond donors (Lipinski definition) is 1. The van der Waals surface area contributed by atoms with Crippen molar-refractivity contribution in [2.24, 2.45) is 5.92 Å². The van der Waals surface area contributed by atoms with Crippen LogP contribution in [0.15, 0.2) is 28.7 Å². The number of benzene rings is 1. The Kier molecular flexibility index (Phi) is 5.22. The first kappa shape index (κ1) is 14.0. The molecule has 0 amide bonds. The second-order valence-corrected chi connectivity index (χ2v) is 6.53. The molecule has 2 rings (SSSR count). The van der Waals surface area contributed by atoms with Crippen LogP contribution < -0.4 is 5.32 Å². The van der Waals surface area contributed by atoms with E-state index in [9.17, 15) is 0 Å². The molecular weight excluding hydrogens is 288 g/mol. The van der Waals surface area contributed by atoms with Gasteiger partial charge in [0, 0.05) is 23.6 Å². The normalized spacial score (nSPS) is 17.1. The smallest absolute Gasteiger partial charge is 0.0231 e. The first-order chi connectivity index (χ1) is 8.63. The van der Waals surface area contributed by atoms with Gasteiger partial charge >= 0.3 is 0 Å². The predicted octanol–water partition coefficient (Wildman–Crippen LogP) is 3.27. The predicted molar refractivity (Wildman–Crippen MR) is 80.7 cm³/mol. The summed E-state index contributed by atoms with van der Waals surface area (Å²) in [5.41, 5.74) is 1.37. The maximum atomic E-state index is 3.60. The van der Waals surface area contributed by atoms with Crippen LogP contribution in [0.4, 0.5) is 0 Å². The minimum atomic E-state index is 0.711. The third-order valence-electron chi connectivity index (χ3n) is 3.30. The Hall–Kier alpha value is -0.380. The van der Waals surface area contributed by atoms with Crippen LogP contribution in [-0.2, 0) is 6.54 Å². The fraction of sp³-hybridized carbons (Fsp3) is 0.600. The summed E-state index contributed by atoms with van der Waals surface area (Å²) in [4.78, 5) is 2.40. The first-order valence-corrected chi connectivity index (χ1v) is 7.59. The Morgan fingerprint density at radius 3 is 2.89 bits per heavy atom. The summed E-state index contributed by atoms with van der Waals surface area (Å²) < 4.78 is 1.16. The molecule has 1 atom stereocenters. The van der Waals surface area contributed by atoms with Crippen LogP contribution >= 0.6 is 15.9 Å². The second-order valence-electron chi connectivity index (χ2n) is 5.61. The maximum absolute atomic E-state index is 3.60. The van der Waals surface area contributed by atoms with E-state index in [1.54, 1.807) is 0 Å². The highest BCUT2D eigenvalue weighted by atomic mass is 79.9. The van der Waals surface area contributed by atoms with Crippen molar-refractivity contribution in [3.05, 3.63) is 34.3 Å². The summed E-state index contributed by atoms with van der Waals surface area (Å²) in [5, 5.41) is 3.60. The number of nitrogens with one attached hydrogen (secondary N) is 1. The van der Waals surface area contributed by atoms with Crippen molar-refractivity contribution in [3.8, 4) is 0 Å². The number of hydrogen-bond acceptors (Lipinski definition) is 2. The van der Waals surface area contributed by atoms with E-state index in [4.69, 9.17) is 0 Å². The lowest BCUT2D eigenvalue weighted by atomic mass is 10.1. The van der Waals surface area contributed by atoms with Gasteiger partial charge in [0.1, 0.15) is 0 Å². The average Bonchev–Trinajstić information content (AvgIpc) is 3.09. The summed E-state index contributed by atoms with van der Waals surface area (Å²) in [6, 6.07) is 9.39. The van der Waals surface area contributed by atoms with Gasteiger partial charge in [0.15, 0.2) is 0 Å². The minimum Gasteiger partial charge on any atom is -0.314 e. The topological polar surface area (TPSA) is 15.3 Å². The molecule has 1 aliphatic carbocycles. The molecule has 18 heavy (non-hydrogen) atoms. The second kappa shape index (κ2) is 6.69. The first-order valence-electron chi connectivity index (χ1n) is 6.80. The molecule has 1 aliphatic rings. The Balaban J connectivity index is 1.71. The van der Waals surface area contributed by atoms with Gasteiger partial charge in [-0.15, -0.1) is 0 Å². The largest absolute Gasteiger partial charge is 0.314 e. The Bertz CT molecular complexity index is 377. The van der Waals surface area contributed by atoms with E-state index in [0.717, 1.165) is 30.1 Å². The van der Waals surface area contributed by atoms with Gasteiger partial charge in [0.05, 0.1) is 0 Å². The van der Waals surface area contributed by atoms with Crippen molar-refractivity contribution >= 4 is 15.9 Å². The van der Waals surface area contributed by atoms with Gasteiger partial charge in [-0.2, -0.15) is 0 Å². The van der Waals surface area contributed by atoms with E-state index >= 15 is 0 Å². The average molecular weight is 311 g/mol. The van der Waals surface area contributed by atoms with Crippen LogP contribution in [0, 0.1) is 5.92 Å². The monoisotopic (exact) mass is 310 g/mol. The summed E-state index contributed by atoms with van der Waals surface area (Å²) >= 11 is 3.52. The van der Waals surface area contributed by atoms with Crippen LogP contribution in [-0.4, -0.2) is 31.1 Å². The van der Waals surface area contributed by atoms with Crippen LogP contribution in [0.25, 0.3) is 0 Å². The van der Waals surface area contributed by atoms with E-state index in [1.807, 2.05) is 0 Å². The molecule has 1 saturated carbocycles. The summed E-state index contributed by atoms with van der Waals surface area (Å²) in [6.45, 7) is 5.64. The molecule has 100 valence electrons. The van der Waals surface area contributed by atoms with Crippen LogP contribution in [0.3, 0.4) is 0 Å². The molecule has 2 nitrogen and oxygen atoms in total. The molecular formula is C15H23BrN2. The lowest BCUT2D eigenvalue weighted by Crippen LogP contribution is -2.31. The van der Waals surface area contributed by atoms with E-state index in [0.29, 0.717) is 5.92 Å². The Morgan fingerprint density at radius 1 is 1.44 bits per heavy atom. The van der Waals surface area contributed by atoms with E-state index in [-0.39, 0.29) is 0 Å². The highest BCUT2D eigenvalue weighted by Crippen LogP contribution is 2.19. The lowest BCUT2D eigenvalue weighted by Gasteiger charge is -2.21. The van der Waals surface area contributed by atoms with E-state index in [2.05, 4.69) is 64.4 Å². The van der Waals surface area contributed by atoms with E-state index in [1.165, 1.54) is 18.4 Å². The SMILES string of the molecule is CC(CNC1CC1)CN(C)Cc1cccc(Br)c1. The number of rotatable bonds is 7. The maximum Gasteiger partial charge on any atom is 0.0231 e. The Labute approximate surface area is 119 Å². The summed E-state index contributed by atoms with van der Waals surface area (Å²) in [6.07, 6.45) is 2.75. The molecule has 1 N–H and O–H groups in total. The minimum absolute atomic E-state index is 0.711. The molecule has 0 radical (unpaired) electrons. The van der Waals surface area contributed by atoms with Crippen LogP contribution in [0.1, 0.15) is 25.3 Å². The van der Waals surface area contributed by atoms with Crippen LogP contribution in [0.5, 0.6) is 0 Å².